The van der Waals surface area contributed by atoms with E-state index in [0.29, 0.717) is 24.6 Å². The third-order valence-corrected chi connectivity index (χ3v) is 6.43. The van der Waals surface area contributed by atoms with Crippen molar-refractivity contribution in [2.75, 3.05) is 43.7 Å². The van der Waals surface area contributed by atoms with Crippen molar-refractivity contribution in [2.45, 2.75) is 65.0 Å². The second-order valence-electron chi connectivity index (χ2n) is 9.27. The Morgan fingerprint density at radius 1 is 1.24 bits per heavy atom. The number of rotatable bonds is 10. The minimum absolute atomic E-state index is 0.0627. The van der Waals surface area contributed by atoms with Crippen LogP contribution in [0.4, 0.5) is 11.5 Å². The summed E-state index contributed by atoms with van der Waals surface area (Å²) in [5, 5.41) is 6.06. The van der Waals surface area contributed by atoms with Crippen molar-refractivity contribution < 1.29 is 19.1 Å². The van der Waals surface area contributed by atoms with Gasteiger partial charge in [0.1, 0.15) is 5.82 Å². The number of carbonyl (C=O) groups is 1. The number of likely N-dealkylation sites (tertiary alicyclic amines) is 1. The predicted octanol–water partition coefficient (Wildman–Crippen LogP) is 4.16. The highest BCUT2D eigenvalue weighted by molar-refractivity contribution is 5.98. The molecule has 0 spiro atoms. The summed E-state index contributed by atoms with van der Waals surface area (Å²) in [7, 11) is 1.65. The Balaban J connectivity index is 1.69. The lowest BCUT2D eigenvalue weighted by Gasteiger charge is -2.35. The lowest BCUT2D eigenvalue weighted by molar-refractivity contribution is -0.131. The molecule has 180 valence electrons. The first-order chi connectivity index (χ1) is 16.0. The summed E-state index contributed by atoms with van der Waals surface area (Å²) in [5.41, 5.74) is 2.70. The van der Waals surface area contributed by atoms with Crippen LogP contribution in [0.5, 0.6) is 11.5 Å². The molecule has 0 amide bonds. The van der Waals surface area contributed by atoms with Gasteiger partial charge < -0.3 is 24.5 Å². The van der Waals surface area contributed by atoms with E-state index < -0.39 is 0 Å². The molecule has 8 heteroatoms. The first kappa shape index (κ1) is 23.4. The van der Waals surface area contributed by atoms with Crippen LogP contribution in [0.25, 0.3) is 10.9 Å². The normalized spacial score (nSPS) is 18.5. The molecular weight excluding hydrogens is 420 g/mol. The maximum Gasteiger partial charge on any atom is 0.320 e. The zero-order chi connectivity index (χ0) is 23.4. The molecule has 1 fully saturated rings. The molecule has 0 radical (unpaired) electrons. The van der Waals surface area contributed by atoms with Crippen LogP contribution < -0.4 is 19.9 Å². The summed E-state index contributed by atoms with van der Waals surface area (Å²) in [4.78, 5) is 24.2. The van der Waals surface area contributed by atoms with Crippen LogP contribution in [0, 0.1) is 0 Å². The van der Waals surface area contributed by atoms with Gasteiger partial charge in [-0.15, -0.1) is 0 Å². The van der Waals surface area contributed by atoms with Crippen molar-refractivity contribution >= 4 is 28.9 Å². The molecule has 8 nitrogen and oxygen atoms in total. The van der Waals surface area contributed by atoms with Crippen LogP contribution in [0.15, 0.2) is 12.1 Å². The minimum atomic E-state index is 0.0627. The van der Waals surface area contributed by atoms with E-state index in [9.17, 15) is 4.79 Å². The van der Waals surface area contributed by atoms with Crippen LogP contribution in [0.1, 0.15) is 52.0 Å². The highest BCUT2D eigenvalue weighted by Crippen LogP contribution is 2.43. The fourth-order valence-corrected chi connectivity index (χ4v) is 4.82. The van der Waals surface area contributed by atoms with Gasteiger partial charge in [0.2, 0.25) is 0 Å². The van der Waals surface area contributed by atoms with E-state index in [1.807, 2.05) is 12.1 Å². The van der Waals surface area contributed by atoms with E-state index in [1.54, 1.807) is 12.2 Å². The number of aromatic nitrogens is 1. The lowest BCUT2D eigenvalue weighted by atomic mass is 9.95. The SMILES string of the molecule is COc1cc2c3c(c(NC(C)C)nc2cc1OCCCN1CCCC1)CCC(C)N3OC=O. The first-order valence-electron chi connectivity index (χ1n) is 12.1. The molecule has 1 aromatic carbocycles. The van der Waals surface area contributed by atoms with Crippen molar-refractivity contribution in [1.29, 1.82) is 0 Å². The topological polar surface area (TPSA) is 76.2 Å². The molecule has 1 N–H and O–H groups in total. The summed E-state index contributed by atoms with van der Waals surface area (Å²) >= 11 is 0. The average Bonchev–Trinajstić information content (AvgIpc) is 3.31. The fraction of sp³-hybridized carbons (Fsp3) is 0.600. The van der Waals surface area contributed by atoms with Gasteiger partial charge in [-0.1, -0.05) is 0 Å². The number of methoxy groups -OCH3 is 1. The van der Waals surface area contributed by atoms with E-state index in [4.69, 9.17) is 19.3 Å². The van der Waals surface area contributed by atoms with Crippen LogP contribution in [-0.2, 0) is 16.1 Å². The van der Waals surface area contributed by atoms with Gasteiger partial charge in [-0.2, -0.15) is 0 Å². The number of hydrogen-bond donors (Lipinski definition) is 1. The molecule has 2 aliphatic rings. The largest absolute Gasteiger partial charge is 0.493 e. The number of fused-ring (bicyclic) bond motifs is 3. The number of hydroxylamine groups is 1. The van der Waals surface area contributed by atoms with Crippen molar-refractivity contribution in [1.82, 2.24) is 9.88 Å². The number of carbonyl (C=O) groups excluding carboxylic acids is 1. The number of pyridine rings is 1. The molecule has 0 bridgehead atoms. The Kier molecular flexibility index (Phi) is 7.42. The van der Waals surface area contributed by atoms with Gasteiger partial charge in [-0.25, -0.2) is 10.0 Å². The molecule has 1 unspecified atom stereocenters. The zero-order valence-electron chi connectivity index (χ0n) is 20.2. The third-order valence-electron chi connectivity index (χ3n) is 6.43. The van der Waals surface area contributed by atoms with Crippen molar-refractivity contribution in [3.8, 4) is 11.5 Å². The van der Waals surface area contributed by atoms with Gasteiger partial charge in [0.25, 0.3) is 0 Å². The Morgan fingerprint density at radius 3 is 2.73 bits per heavy atom. The average molecular weight is 457 g/mol. The van der Waals surface area contributed by atoms with Crippen LogP contribution in [-0.4, -0.2) is 61.8 Å². The van der Waals surface area contributed by atoms with Crippen LogP contribution in [0.3, 0.4) is 0 Å². The molecule has 0 aliphatic carbocycles. The minimum Gasteiger partial charge on any atom is -0.493 e. The highest BCUT2D eigenvalue weighted by atomic mass is 16.7. The summed E-state index contributed by atoms with van der Waals surface area (Å²) in [6, 6.07) is 4.18. The van der Waals surface area contributed by atoms with E-state index in [2.05, 4.69) is 31.0 Å². The second kappa shape index (κ2) is 10.5. The summed E-state index contributed by atoms with van der Waals surface area (Å²) in [5.74, 6) is 2.16. The molecule has 1 saturated heterocycles. The molecule has 33 heavy (non-hydrogen) atoms. The number of benzene rings is 1. The quantitative estimate of drug-likeness (QED) is 0.422. The first-order valence-corrected chi connectivity index (χ1v) is 12.1. The van der Waals surface area contributed by atoms with Crippen molar-refractivity contribution in [3.63, 3.8) is 0 Å². The van der Waals surface area contributed by atoms with Crippen LogP contribution in [0.2, 0.25) is 0 Å². The molecule has 2 aromatic rings. The Morgan fingerprint density at radius 2 is 2.03 bits per heavy atom. The highest BCUT2D eigenvalue weighted by Gasteiger charge is 2.31. The lowest BCUT2D eigenvalue weighted by Crippen LogP contribution is -2.37. The second-order valence-corrected chi connectivity index (χ2v) is 9.27. The van der Waals surface area contributed by atoms with Gasteiger partial charge in [0, 0.05) is 29.6 Å². The van der Waals surface area contributed by atoms with E-state index in [-0.39, 0.29) is 12.1 Å². The van der Waals surface area contributed by atoms with Crippen molar-refractivity contribution in [3.05, 3.63) is 17.7 Å². The van der Waals surface area contributed by atoms with Gasteiger partial charge in [-0.05, 0) is 72.0 Å². The molecule has 4 rings (SSSR count). The number of nitrogens with one attached hydrogen (secondary N) is 1. The summed E-state index contributed by atoms with van der Waals surface area (Å²) < 4.78 is 11.8. The van der Waals surface area contributed by atoms with Gasteiger partial charge in [0.15, 0.2) is 11.5 Å². The molecule has 3 heterocycles. The Labute approximate surface area is 196 Å². The number of anilines is 2. The molecule has 1 atom stereocenters. The van der Waals surface area contributed by atoms with E-state index in [0.717, 1.165) is 53.8 Å². The molecular formula is C25H36N4O4. The monoisotopic (exact) mass is 456 g/mol. The Hall–Kier alpha value is -2.74. The fourth-order valence-electron chi connectivity index (χ4n) is 4.82. The maximum absolute atomic E-state index is 11.3. The molecule has 1 aromatic heterocycles. The number of ether oxygens (including phenoxy) is 2. The number of hydrogen-bond acceptors (Lipinski definition) is 8. The van der Waals surface area contributed by atoms with Crippen LogP contribution >= 0.6 is 0 Å². The van der Waals surface area contributed by atoms with Gasteiger partial charge >= 0.3 is 6.47 Å². The maximum atomic E-state index is 11.3. The standard InChI is InChI=1S/C25H36N4O4/c1-17(2)26-25-19-9-8-18(3)29(33-16-30)24(19)20-14-22(31-4)23(15-21(20)27-25)32-13-7-12-28-10-5-6-11-28/h14-18H,5-13H2,1-4H3,(H,26,27). The van der Waals surface area contributed by atoms with E-state index in [1.165, 1.54) is 25.9 Å². The molecule has 2 aliphatic heterocycles. The van der Waals surface area contributed by atoms with Gasteiger partial charge in [0.05, 0.1) is 31.0 Å². The zero-order valence-corrected chi connectivity index (χ0v) is 20.2. The predicted molar refractivity (Wildman–Crippen MR) is 130 cm³/mol. The van der Waals surface area contributed by atoms with Crippen molar-refractivity contribution in [2.24, 2.45) is 0 Å². The van der Waals surface area contributed by atoms with E-state index >= 15 is 0 Å². The third kappa shape index (κ3) is 5.11. The van der Waals surface area contributed by atoms with Gasteiger partial charge in [-0.3, -0.25) is 4.79 Å². The smallest absolute Gasteiger partial charge is 0.320 e. The molecule has 0 saturated carbocycles. The number of nitrogens with zero attached hydrogens (tertiary/aromatic N) is 3. The Bertz CT molecular complexity index is 975. The summed E-state index contributed by atoms with van der Waals surface area (Å²) in [6.45, 7) is 10.8. The summed E-state index contributed by atoms with van der Waals surface area (Å²) in [6.07, 6.45) is 5.29.